The molecular formula is C27H31ClN6OS. The quantitative estimate of drug-likeness (QED) is 0.260. The Kier molecular flexibility index (Phi) is 7.94. The predicted molar refractivity (Wildman–Crippen MR) is 146 cm³/mol. The van der Waals surface area contributed by atoms with Crippen molar-refractivity contribution in [2.45, 2.75) is 37.8 Å². The minimum atomic E-state index is -0.570. The highest BCUT2D eigenvalue weighted by Crippen LogP contribution is 2.40. The van der Waals surface area contributed by atoms with Crippen molar-refractivity contribution in [1.29, 1.82) is 0 Å². The Morgan fingerprint density at radius 1 is 0.972 bits per heavy atom. The first-order valence-corrected chi connectivity index (χ1v) is 13.8. The number of amides is 1. The zero-order valence-corrected chi connectivity index (χ0v) is 22.0. The molecule has 188 valence electrons. The molecule has 1 fully saturated rings. The first-order valence-electron chi connectivity index (χ1n) is 12.4. The van der Waals surface area contributed by atoms with Crippen LogP contribution >= 0.6 is 23.4 Å². The molecule has 0 radical (unpaired) electrons. The fourth-order valence-electron chi connectivity index (χ4n) is 4.61. The lowest BCUT2D eigenvalue weighted by Gasteiger charge is -2.37. The Morgan fingerprint density at radius 2 is 1.61 bits per heavy atom. The van der Waals surface area contributed by atoms with Crippen molar-refractivity contribution in [2.75, 3.05) is 42.1 Å². The normalized spacial score (nSPS) is 17.7. The van der Waals surface area contributed by atoms with Gasteiger partial charge in [0, 0.05) is 45.0 Å². The summed E-state index contributed by atoms with van der Waals surface area (Å²) in [6.07, 6.45) is 0.450. The summed E-state index contributed by atoms with van der Waals surface area (Å²) >= 11 is 8.17. The highest BCUT2D eigenvalue weighted by Gasteiger charge is 2.40. The van der Waals surface area contributed by atoms with Crippen molar-refractivity contribution < 1.29 is 4.79 Å². The Balaban J connectivity index is 1.33. The number of carbonyl (C=O) groups is 1. The van der Waals surface area contributed by atoms with Crippen LogP contribution in [0.25, 0.3) is 0 Å². The first-order chi connectivity index (χ1) is 17.6. The number of fused-ring (bicyclic) bond motifs is 1. The number of carbonyl (C=O) groups excluding carboxylic acids is 1. The molecule has 2 aliphatic rings. The van der Waals surface area contributed by atoms with E-state index >= 15 is 0 Å². The highest BCUT2D eigenvalue weighted by atomic mass is 35.5. The standard InChI is InChI=1S/C27H31ClN6OS/c1-2-17-36-27-30-23(28)22-24(31-27)34(19-21-11-7-4-8-12-21)25(29-22)26(35)33-15-13-32(14-16-33)18-20-9-5-3-6-10-20/h3-12,25,29H,2,13-19H2,1H3. The number of anilines is 2. The van der Waals surface area contributed by atoms with Crippen LogP contribution in [-0.2, 0) is 17.9 Å². The van der Waals surface area contributed by atoms with Gasteiger partial charge < -0.3 is 15.1 Å². The summed E-state index contributed by atoms with van der Waals surface area (Å²) in [5.41, 5.74) is 3.04. The maximum absolute atomic E-state index is 13.8. The summed E-state index contributed by atoms with van der Waals surface area (Å²) in [5, 5.41) is 4.36. The van der Waals surface area contributed by atoms with E-state index in [0.717, 1.165) is 37.4 Å². The maximum atomic E-state index is 13.8. The average Bonchev–Trinajstić information content (AvgIpc) is 3.27. The number of piperazine rings is 1. The first kappa shape index (κ1) is 24.9. The van der Waals surface area contributed by atoms with Gasteiger partial charge in [-0.15, -0.1) is 0 Å². The summed E-state index contributed by atoms with van der Waals surface area (Å²) in [6, 6.07) is 20.6. The Hall–Kier alpha value is -2.81. The van der Waals surface area contributed by atoms with Gasteiger partial charge in [0.1, 0.15) is 5.69 Å². The Labute approximate surface area is 221 Å². The monoisotopic (exact) mass is 522 g/mol. The number of aromatic nitrogens is 2. The van der Waals surface area contributed by atoms with Crippen LogP contribution in [0.2, 0.25) is 5.15 Å². The van der Waals surface area contributed by atoms with E-state index in [0.29, 0.717) is 41.4 Å². The van der Waals surface area contributed by atoms with Crippen molar-refractivity contribution in [2.24, 2.45) is 0 Å². The van der Waals surface area contributed by atoms with E-state index in [9.17, 15) is 4.79 Å². The predicted octanol–water partition coefficient (Wildman–Crippen LogP) is 4.73. The van der Waals surface area contributed by atoms with Gasteiger partial charge in [-0.1, -0.05) is 91.0 Å². The number of nitrogens with one attached hydrogen (secondary N) is 1. The molecule has 5 rings (SSSR count). The van der Waals surface area contributed by atoms with Crippen LogP contribution in [0.15, 0.2) is 65.8 Å². The SMILES string of the molecule is CCCSc1nc(Cl)c2c(n1)N(Cc1ccccc1)C(C(=O)N1CCN(Cc3ccccc3)CC1)N2. The fourth-order valence-corrected chi connectivity index (χ4v) is 5.58. The molecule has 3 heterocycles. The van der Waals surface area contributed by atoms with E-state index in [1.807, 2.05) is 34.1 Å². The van der Waals surface area contributed by atoms with Gasteiger partial charge >= 0.3 is 0 Å². The molecule has 9 heteroatoms. The van der Waals surface area contributed by atoms with Crippen molar-refractivity contribution in [3.8, 4) is 0 Å². The molecular weight excluding hydrogens is 492 g/mol. The molecule has 0 aliphatic carbocycles. The topological polar surface area (TPSA) is 64.6 Å². The second-order valence-corrected chi connectivity index (χ2v) is 10.5. The molecule has 7 nitrogen and oxygen atoms in total. The minimum absolute atomic E-state index is 0.0436. The number of benzene rings is 2. The summed E-state index contributed by atoms with van der Waals surface area (Å²) in [7, 11) is 0. The Morgan fingerprint density at radius 3 is 2.25 bits per heavy atom. The molecule has 1 saturated heterocycles. The van der Waals surface area contributed by atoms with Gasteiger partial charge in [-0.3, -0.25) is 9.69 Å². The van der Waals surface area contributed by atoms with E-state index < -0.39 is 6.17 Å². The lowest BCUT2D eigenvalue weighted by Crippen LogP contribution is -2.55. The van der Waals surface area contributed by atoms with Gasteiger partial charge in [-0.05, 0) is 17.5 Å². The van der Waals surface area contributed by atoms with E-state index in [2.05, 4.69) is 58.5 Å². The van der Waals surface area contributed by atoms with E-state index in [1.54, 1.807) is 11.8 Å². The minimum Gasteiger partial charge on any atom is -0.352 e. The zero-order chi connectivity index (χ0) is 24.9. The van der Waals surface area contributed by atoms with Crippen molar-refractivity contribution in [1.82, 2.24) is 19.8 Å². The molecule has 1 atom stereocenters. The molecule has 1 N–H and O–H groups in total. The van der Waals surface area contributed by atoms with Crippen LogP contribution in [0.5, 0.6) is 0 Å². The third-order valence-electron chi connectivity index (χ3n) is 6.49. The second kappa shape index (κ2) is 11.5. The van der Waals surface area contributed by atoms with Gasteiger partial charge in [-0.2, -0.15) is 0 Å². The van der Waals surface area contributed by atoms with E-state index in [-0.39, 0.29) is 5.91 Å². The number of nitrogens with zero attached hydrogens (tertiary/aromatic N) is 5. The second-order valence-electron chi connectivity index (χ2n) is 9.09. The fraction of sp³-hybridized carbons (Fsp3) is 0.370. The molecule has 2 aromatic carbocycles. The van der Waals surface area contributed by atoms with E-state index in [4.69, 9.17) is 16.6 Å². The molecule has 0 bridgehead atoms. The maximum Gasteiger partial charge on any atom is 0.266 e. The molecule has 0 spiro atoms. The number of rotatable bonds is 8. The summed E-state index contributed by atoms with van der Waals surface area (Å²) in [5.74, 6) is 1.65. The Bertz CT molecular complexity index is 1170. The molecule has 1 amide bonds. The van der Waals surface area contributed by atoms with Crippen LogP contribution < -0.4 is 10.2 Å². The molecule has 0 saturated carbocycles. The number of halogens is 1. The third kappa shape index (κ3) is 5.61. The smallest absolute Gasteiger partial charge is 0.266 e. The third-order valence-corrected chi connectivity index (χ3v) is 7.81. The van der Waals surface area contributed by atoms with Gasteiger partial charge in [-0.25, -0.2) is 9.97 Å². The molecule has 1 aromatic heterocycles. The van der Waals surface area contributed by atoms with Crippen LogP contribution in [0.1, 0.15) is 24.5 Å². The van der Waals surface area contributed by atoms with Crippen LogP contribution in [0.3, 0.4) is 0 Å². The molecule has 3 aromatic rings. The lowest BCUT2D eigenvalue weighted by molar-refractivity contribution is -0.133. The average molecular weight is 523 g/mol. The van der Waals surface area contributed by atoms with Crippen LogP contribution in [0.4, 0.5) is 11.5 Å². The van der Waals surface area contributed by atoms with Crippen molar-refractivity contribution >= 4 is 40.8 Å². The van der Waals surface area contributed by atoms with Crippen molar-refractivity contribution in [3.05, 3.63) is 76.9 Å². The summed E-state index contributed by atoms with van der Waals surface area (Å²) in [4.78, 5) is 29.5. The zero-order valence-electron chi connectivity index (χ0n) is 20.4. The van der Waals surface area contributed by atoms with E-state index in [1.165, 1.54) is 5.56 Å². The van der Waals surface area contributed by atoms with Gasteiger partial charge in [0.25, 0.3) is 5.91 Å². The van der Waals surface area contributed by atoms with Crippen LogP contribution in [0, 0.1) is 0 Å². The lowest BCUT2D eigenvalue weighted by atomic mass is 10.2. The number of thioether (sulfide) groups is 1. The highest BCUT2D eigenvalue weighted by molar-refractivity contribution is 7.99. The van der Waals surface area contributed by atoms with Crippen LogP contribution in [-0.4, -0.2) is 63.8 Å². The largest absolute Gasteiger partial charge is 0.352 e. The summed E-state index contributed by atoms with van der Waals surface area (Å²) in [6.45, 7) is 6.65. The number of hydrogen-bond acceptors (Lipinski definition) is 7. The summed E-state index contributed by atoms with van der Waals surface area (Å²) < 4.78 is 0. The van der Waals surface area contributed by atoms with Crippen molar-refractivity contribution in [3.63, 3.8) is 0 Å². The van der Waals surface area contributed by atoms with Gasteiger partial charge in [0.05, 0.1) is 0 Å². The molecule has 2 aliphatic heterocycles. The molecule has 36 heavy (non-hydrogen) atoms. The number of hydrogen-bond donors (Lipinski definition) is 1. The van der Waals surface area contributed by atoms with Gasteiger partial charge in [0.2, 0.25) is 0 Å². The molecule has 1 unspecified atom stereocenters. The van der Waals surface area contributed by atoms with Gasteiger partial charge in [0.15, 0.2) is 22.3 Å².